The number of nitrogens with zero attached hydrogens (tertiary/aromatic N) is 2. The smallest absolute Gasteiger partial charge is 0.242 e. The number of halogens is 1. The van der Waals surface area contributed by atoms with E-state index in [0.29, 0.717) is 11.4 Å². The number of anilines is 1. The van der Waals surface area contributed by atoms with Gasteiger partial charge in [-0.05, 0) is 35.9 Å². The van der Waals surface area contributed by atoms with Crippen LogP contribution in [0.15, 0.2) is 64.1 Å². The van der Waals surface area contributed by atoms with Crippen LogP contribution in [0.5, 0.6) is 0 Å². The molecule has 0 aliphatic carbocycles. The predicted octanol–water partition coefficient (Wildman–Crippen LogP) is 3.86. The van der Waals surface area contributed by atoms with E-state index in [1.54, 1.807) is 18.3 Å². The summed E-state index contributed by atoms with van der Waals surface area (Å²) in [4.78, 5) is 4.68. The van der Waals surface area contributed by atoms with E-state index in [9.17, 15) is 8.42 Å². The fourth-order valence-electron chi connectivity index (χ4n) is 2.56. The van der Waals surface area contributed by atoms with Gasteiger partial charge in [0.2, 0.25) is 10.0 Å². The van der Waals surface area contributed by atoms with Crippen molar-refractivity contribution in [2.75, 3.05) is 19.4 Å². The van der Waals surface area contributed by atoms with Gasteiger partial charge in [0.25, 0.3) is 0 Å². The van der Waals surface area contributed by atoms with E-state index >= 15 is 0 Å². The highest BCUT2D eigenvalue weighted by molar-refractivity contribution is 9.10. The van der Waals surface area contributed by atoms with Crippen LogP contribution in [-0.4, -0.2) is 31.8 Å². The quantitative estimate of drug-likeness (QED) is 0.681. The van der Waals surface area contributed by atoms with Gasteiger partial charge in [-0.25, -0.2) is 12.7 Å². The van der Waals surface area contributed by atoms with Crippen molar-refractivity contribution in [3.8, 4) is 0 Å². The number of aromatic nitrogens is 1. The fourth-order valence-corrected chi connectivity index (χ4v) is 4.03. The SMILES string of the molecule is CN(C)S(=O)(=O)c1ccccc1CNc1ccnc2cc(Br)ccc12. The summed E-state index contributed by atoms with van der Waals surface area (Å²) in [6.45, 7) is 0.401. The minimum Gasteiger partial charge on any atom is -0.380 e. The van der Waals surface area contributed by atoms with Gasteiger partial charge >= 0.3 is 0 Å². The van der Waals surface area contributed by atoms with Crippen LogP contribution in [0.4, 0.5) is 5.69 Å². The fraction of sp³-hybridized carbons (Fsp3) is 0.167. The Bertz CT molecular complexity index is 1020. The third kappa shape index (κ3) is 3.68. The van der Waals surface area contributed by atoms with Crippen LogP contribution in [0.25, 0.3) is 10.9 Å². The zero-order chi connectivity index (χ0) is 18.0. The molecule has 3 aromatic rings. The minimum absolute atomic E-state index is 0.314. The van der Waals surface area contributed by atoms with Crippen molar-refractivity contribution in [3.05, 3.63) is 64.8 Å². The number of hydrogen-bond acceptors (Lipinski definition) is 4. The molecule has 0 unspecified atom stereocenters. The lowest BCUT2D eigenvalue weighted by atomic mass is 10.1. The lowest BCUT2D eigenvalue weighted by Gasteiger charge is -2.16. The molecule has 1 N–H and O–H groups in total. The predicted molar refractivity (Wildman–Crippen MR) is 104 cm³/mol. The van der Waals surface area contributed by atoms with Crippen molar-refractivity contribution in [3.63, 3.8) is 0 Å². The molecule has 7 heteroatoms. The summed E-state index contributed by atoms with van der Waals surface area (Å²) in [5.74, 6) is 0. The Morgan fingerprint density at radius 2 is 1.88 bits per heavy atom. The second-order valence-corrected chi connectivity index (χ2v) is 8.80. The highest BCUT2D eigenvalue weighted by Gasteiger charge is 2.20. The van der Waals surface area contributed by atoms with Gasteiger partial charge in [0.15, 0.2) is 0 Å². The van der Waals surface area contributed by atoms with Gasteiger partial charge < -0.3 is 5.32 Å². The van der Waals surface area contributed by atoms with Crippen molar-refractivity contribution < 1.29 is 8.42 Å². The maximum atomic E-state index is 12.5. The van der Waals surface area contributed by atoms with Gasteiger partial charge in [0.1, 0.15) is 0 Å². The van der Waals surface area contributed by atoms with Crippen molar-refractivity contribution in [2.45, 2.75) is 11.4 Å². The molecule has 2 aromatic carbocycles. The number of nitrogens with one attached hydrogen (secondary N) is 1. The molecule has 0 spiro atoms. The Hall–Kier alpha value is -1.96. The molecule has 130 valence electrons. The van der Waals surface area contributed by atoms with Gasteiger partial charge in [0, 0.05) is 42.4 Å². The van der Waals surface area contributed by atoms with Crippen LogP contribution in [0.1, 0.15) is 5.56 Å². The zero-order valence-electron chi connectivity index (χ0n) is 13.9. The summed E-state index contributed by atoms with van der Waals surface area (Å²) < 4.78 is 27.2. The molecule has 1 aromatic heterocycles. The Morgan fingerprint density at radius 1 is 1.12 bits per heavy atom. The largest absolute Gasteiger partial charge is 0.380 e. The highest BCUT2D eigenvalue weighted by Crippen LogP contribution is 2.26. The summed E-state index contributed by atoms with van der Waals surface area (Å²) >= 11 is 3.45. The number of pyridine rings is 1. The van der Waals surface area contributed by atoms with E-state index in [1.165, 1.54) is 18.4 Å². The van der Waals surface area contributed by atoms with E-state index in [2.05, 4.69) is 26.2 Å². The first kappa shape index (κ1) is 17.8. The number of benzene rings is 2. The summed E-state index contributed by atoms with van der Waals surface area (Å²) in [5.41, 5.74) is 2.50. The van der Waals surface area contributed by atoms with Gasteiger partial charge in [-0.15, -0.1) is 0 Å². The molecule has 0 aliphatic heterocycles. The average Bonchev–Trinajstić information content (AvgIpc) is 2.59. The summed E-state index contributed by atoms with van der Waals surface area (Å²) in [6, 6.07) is 14.8. The van der Waals surface area contributed by atoms with Crippen molar-refractivity contribution in [1.29, 1.82) is 0 Å². The van der Waals surface area contributed by atoms with Gasteiger partial charge in [-0.1, -0.05) is 34.1 Å². The van der Waals surface area contributed by atoms with Gasteiger partial charge in [0.05, 0.1) is 10.4 Å². The molecule has 0 fully saturated rings. The van der Waals surface area contributed by atoms with E-state index < -0.39 is 10.0 Å². The average molecular weight is 420 g/mol. The second-order valence-electron chi connectivity index (χ2n) is 5.77. The second kappa shape index (κ2) is 7.11. The number of sulfonamides is 1. The molecule has 0 saturated carbocycles. The molecule has 0 radical (unpaired) electrons. The third-order valence-electron chi connectivity index (χ3n) is 3.91. The third-order valence-corrected chi connectivity index (χ3v) is 6.31. The molecule has 25 heavy (non-hydrogen) atoms. The maximum absolute atomic E-state index is 12.5. The standard InChI is InChI=1S/C18H18BrN3O2S/c1-22(2)25(23,24)18-6-4-3-5-13(18)12-21-16-9-10-20-17-11-14(19)7-8-15(16)17/h3-11H,12H2,1-2H3,(H,20,21). The molecule has 0 atom stereocenters. The molecule has 0 aliphatic rings. The van der Waals surface area contributed by atoms with Crippen LogP contribution >= 0.6 is 15.9 Å². The summed E-state index contributed by atoms with van der Waals surface area (Å²) in [6.07, 6.45) is 1.74. The topological polar surface area (TPSA) is 62.3 Å². The molecule has 3 rings (SSSR count). The molecule has 1 heterocycles. The van der Waals surface area contributed by atoms with Crippen molar-refractivity contribution in [1.82, 2.24) is 9.29 Å². The lowest BCUT2D eigenvalue weighted by molar-refractivity contribution is 0.520. The van der Waals surface area contributed by atoms with Crippen molar-refractivity contribution in [2.24, 2.45) is 0 Å². The van der Waals surface area contributed by atoms with E-state index in [0.717, 1.165) is 26.6 Å². The van der Waals surface area contributed by atoms with Crippen LogP contribution in [0.2, 0.25) is 0 Å². The van der Waals surface area contributed by atoms with Crippen molar-refractivity contribution >= 4 is 42.5 Å². The van der Waals surface area contributed by atoms with Crippen LogP contribution in [0.3, 0.4) is 0 Å². The van der Waals surface area contributed by atoms with Gasteiger partial charge in [-0.2, -0.15) is 0 Å². The van der Waals surface area contributed by atoms with Crippen LogP contribution < -0.4 is 5.32 Å². The molecule has 0 amide bonds. The van der Waals surface area contributed by atoms with Crippen LogP contribution in [-0.2, 0) is 16.6 Å². The number of fused-ring (bicyclic) bond motifs is 1. The number of rotatable bonds is 5. The first-order valence-electron chi connectivity index (χ1n) is 7.68. The summed E-state index contributed by atoms with van der Waals surface area (Å²) in [5, 5.41) is 4.32. The molecule has 5 nitrogen and oxygen atoms in total. The summed E-state index contributed by atoms with van der Waals surface area (Å²) in [7, 11) is -0.414. The van der Waals surface area contributed by atoms with Crippen LogP contribution in [0, 0.1) is 0 Å². The van der Waals surface area contributed by atoms with E-state index in [4.69, 9.17) is 0 Å². The normalized spacial score (nSPS) is 11.8. The molecule has 0 bridgehead atoms. The Kier molecular flexibility index (Phi) is 5.08. The molecule has 0 saturated heterocycles. The number of hydrogen-bond donors (Lipinski definition) is 1. The first-order chi connectivity index (χ1) is 11.9. The highest BCUT2D eigenvalue weighted by atomic mass is 79.9. The molecular formula is C18H18BrN3O2S. The Balaban J connectivity index is 1.94. The van der Waals surface area contributed by atoms with Gasteiger partial charge in [-0.3, -0.25) is 4.98 Å². The minimum atomic E-state index is -3.49. The lowest BCUT2D eigenvalue weighted by Crippen LogP contribution is -2.23. The monoisotopic (exact) mass is 419 g/mol. The Labute approximate surface area is 155 Å². The maximum Gasteiger partial charge on any atom is 0.242 e. The Morgan fingerprint density at radius 3 is 2.64 bits per heavy atom. The van der Waals surface area contributed by atoms with E-state index in [-0.39, 0.29) is 0 Å². The zero-order valence-corrected chi connectivity index (χ0v) is 16.3. The van der Waals surface area contributed by atoms with E-state index in [1.807, 2.05) is 36.4 Å². The molecular weight excluding hydrogens is 402 g/mol. The first-order valence-corrected chi connectivity index (χ1v) is 9.91.